The normalized spacial score (nSPS) is 15.8. The lowest BCUT2D eigenvalue weighted by molar-refractivity contribution is 0.0665. The van der Waals surface area contributed by atoms with Crippen LogP contribution in [0.3, 0.4) is 0 Å². The summed E-state index contributed by atoms with van der Waals surface area (Å²) < 4.78 is 38.4. The van der Waals surface area contributed by atoms with Crippen LogP contribution in [0.25, 0.3) is 11.0 Å². The topological polar surface area (TPSA) is 100 Å². The molecule has 9 nitrogen and oxygen atoms in total. The number of piperazine rings is 1. The number of carbonyl (C=O) groups is 1. The Hall–Kier alpha value is -2.69. The molecule has 0 radical (unpaired) electrons. The molecule has 0 N–H and O–H groups in total. The summed E-state index contributed by atoms with van der Waals surface area (Å²) in [5, 5.41) is 4.67. The van der Waals surface area contributed by atoms with Crippen molar-refractivity contribution in [1.29, 1.82) is 0 Å². The van der Waals surface area contributed by atoms with E-state index in [0.29, 0.717) is 23.6 Å². The Morgan fingerprint density at radius 1 is 1.13 bits per heavy atom. The molecule has 2 aromatic heterocycles. The van der Waals surface area contributed by atoms with Gasteiger partial charge in [0.25, 0.3) is 5.91 Å². The zero-order valence-electron chi connectivity index (χ0n) is 18.1. The van der Waals surface area contributed by atoms with Crippen LogP contribution in [0.4, 0.5) is 0 Å². The van der Waals surface area contributed by atoms with Gasteiger partial charge >= 0.3 is 0 Å². The number of hydrogen-bond acceptors (Lipinski definition) is 7. The van der Waals surface area contributed by atoms with Crippen LogP contribution in [0.15, 0.2) is 38.1 Å². The summed E-state index contributed by atoms with van der Waals surface area (Å²) in [7, 11) is 0.148. The van der Waals surface area contributed by atoms with Gasteiger partial charge in [-0.1, -0.05) is 23.4 Å². The molecule has 1 fully saturated rings. The van der Waals surface area contributed by atoms with Gasteiger partial charge in [-0.25, -0.2) is 8.42 Å². The van der Waals surface area contributed by atoms with E-state index in [0.717, 1.165) is 10.9 Å². The van der Waals surface area contributed by atoms with Gasteiger partial charge in [0.15, 0.2) is 11.5 Å². The van der Waals surface area contributed by atoms with Gasteiger partial charge in [0, 0.05) is 43.7 Å². The van der Waals surface area contributed by atoms with Crippen molar-refractivity contribution >= 4 is 26.9 Å². The van der Waals surface area contributed by atoms with Crippen molar-refractivity contribution < 1.29 is 22.2 Å². The first-order valence-electron chi connectivity index (χ1n) is 10.1. The van der Waals surface area contributed by atoms with Crippen molar-refractivity contribution in [2.24, 2.45) is 0 Å². The van der Waals surface area contributed by atoms with Crippen LogP contribution in [-0.2, 0) is 16.6 Å². The second kappa shape index (κ2) is 8.10. The molecule has 1 aromatic carbocycles. The third kappa shape index (κ3) is 3.86. The smallest absolute Gasteiger partial charge is 0.290 e. The molecule has 0 saturated carbocycles. The van der Waals surface area contributed by atoms with E-state index in [2.05, 4.69) is 5.16 Å². The molecule has 166 valence electrons. The molecular formula is C21H26N4O5S. The molecule has 10 heteroatoms. The summed E-state index contributed by atoms with van der Waals surface area (Å²) in [5.74, 6) is 0.367. The number of hydrogen-bond donors (Lipinski definition) is 0. The number of aromatic nitrogens is 1. The number of aryl methyl sites for hydroxylation is 2. The summed E-state index contributed by atoms with van der Waals surface area (Å²) in [4.78, 5) is 17.0. The minimum absolute atomic E-state index is 0.109. The third-order valence-electron chi connectivity index (χ3n) is 5.46. The fourth-order valence-electron chi connectivity index (χ4n) is 3.99. The number of nitrogens with zero attached hydrogens (tertiary/aromatic N) is 4. The number of benzene rings is 1. The lowest BCUT2D eigenvalue weighted by Crippen LogP contribution is -2.50. The molecular weight excluding hydrogens is 420 g/mol. The van der Waals surface area contributed by atoms with Gasteiger partial charge in [0.05, 0.1) is 0 Å². The average molecular weight is 447 g/mol. The molecule has 4 rings (SSSR count). The molecule has 1 aliphatic rings. The fraction of sp³-hybridized carbons (Fsp3) is 0.429. The standard InChI is InChI=1S/C21H26N4O5S/c1-14-20(15(2)30-22-14)31(27,28)25-11-9-24(10-12-25)21(26)19-17(13-23(3)4)16-7-5-6-8-18(16)29-19/h5-8H,9-13H2,1-4H3. The van der Waals surface area contributed by atoms with E-state index in [4.69, 9.17) is 8.94 Å². The first-order valence-corrected chi connectivity index (χ1v) is 11.5. The first kappa shape index (κ1) is 21.5. The molecule has 0 spiro atoms. The molecule has 0 unspecified atom stereocenters. The van der Waals surface area contributed by atoms with Crippen LogP contribution in [-0.4, -0.2) is 73.9 Å². The Balaban J connectivity index is 1.55. The van der Waals surface area contributed by atoms with Gasteiger partial charge in [0.1, 0.15) is 16.2 Å². The summed E-state index contributed by atoms with van der Waals surface area (Å²) in [6.07, 6.45) is 0. The van der Waals surface area contributed by atoms with Gasteiger partial charge in [-0.3, -0.25) is 4.79 Å². The van der Waals surface area contributed by atoms with E-state index < -0.39 is 10.0 Å². The number of para-hydroxylation sites is 1. The third-order valence-corrected chi connectivity index (χ3v) is 7.60. The molecule has 0 atom stereocenters. The van der Waals surface area contributed by atoms with E-state index in [1.165, 1.54) is 4.31 Å². The molecule has 31 heavy (non-hydrogen) atoms. The van der Waals surface area contributed by atoms with Crippen LogP contribution >= 0.6 is 0 Å². The Morgan fingerprint density at radius 3 is 2.42 bits per heavy atom. The second-order valence-electron chi connectivity index (χ2n) is 7.99. The van der Waals surface area contributed by atoms with E-state index in [-0.39, 0.29) is 42.7 Å². The molecule has 0 aliphatic carbocycles. The number of rotatable bonds is 5. The number of furan rings is 1. The maximum Gasteiger partial charge on any atom is 0.290 e. The molecule has 3 aromatic rings. The molecule has 1 amide bonds. The average Bonchev–Trinajstić information content (AvgIpc) is 3.27. The number of amides is 1. The zero-order chi connectivity index (χ0) is 22.3. The second-order valence-corrected chi connectivity index (χ2v) is 9.87. The minimum atomic E-state index is -3.73. The van der Waals surface area contributed by atoms with Gasteiger partial charge in [-0.15, -0.1) is 0 Å². The van der Waals surface area contributed by atoms with Crippen molar-refractivity contribution in [3.05, 3.63) is 47.0 Å². The van der Waals surface area contributed by atoms with Crippen LogP contribution in [0.2, 0.25) is 0 Å². The highest BCUT2D eigenvalue weighted by molar-refractivity contribution is 7.89. The van der Waals surface area contributed by atoms with E-state index in [1.807, 2.05) is 43.3 Å². The van der Waals surface area contributed by atoms with Crippen molar-refractivity contribution in [2.45, 2.75) is 25.3 Å². The van der Waals surface area contributed by atoms with Crippen molar-refractivity contribution in [3.8, 4) is 0 Å². The molecule has 1 aliphatic heterocycles. The Bertz CT molecular complexity index is 1200. The van der Waals surface area contributed by atoms with E-state index in [1.54, 1.807) is 18.7 Å². The molecule has 3 heterocycles. The summed E-state index contributed by atoms with van der Waals surface area (Å²) in [6, 6.07) is 7.59. The Labute approximate surface area is 181 Å². The van der Waals surface area contributed by atoms with Gasteiger partial charge in [-0.05, 0) is 34.0 Å². The Kier molecular flexibility index (Phi) is 5.63. The van der Waals surface area contributed by atoms with Crippen LogP contribution in [0, 0.1) is 13.8 Å². The number of sulfonamides is 1. The van der Waals surface area contributed by atoms with Crippen LogP contribution in [0.5, 0.6) is 0 Å². The first-order chi connectivity index (χ1) is 14.7. The minimum Gasteiger partial charge on any atom is -0.451 e. The zero-order valence-corrected chi connectivity index (χ0v) is 18.9. The highest BCUT2D eigenvalue weighted by atomic mass is 32.2. The monoisotopic (exact) mass is 446 g/mol. The highest BCUT2D eigenvalue weighted by Gasteiger charge is 2.35. The number of carbonyl (C=O) groups excluding carboxylic acids is 1. The fourth-order valence-corrected chi connectivity index (χ4v) is 5.71. The predicted molar refractivity (Wildman–Crippen MR) is 114 cm³/mol. The lowest BCUT2D eigenvalue weighted by atomic mass is 10.1. The van der Waals surface area contributed by atoms with Crippen LogP contribution in [0.1, 0.15) is 27.6 Å². The van der Waals surface area contributed by atoms with Gasteiger partial charge < -0.3 is 18.7 Å². The predicted octanol–water partition coefficient (Wildman–Crippen LogP) is 2.25. The SMILES string of the molecule is Cc1noc(C)c1S(=O)(=O)N1CCN(C(=O)c2oc3ccccc3c2CN(C)C)CC1. The van der Waals surface area contributed by atoms with E-state index in [9.17, 15) is 13.2 Å². The maximum atomic E-state index is 13.3. The molecule has 1 saturated heterocycles. The highest BCUT2D eigenvalue weighted by Crippen LogP contribution is 2.29. The molecule has 0 bridgehead atoms. The van der Waals surface area contributed by atoms with Crippen LogP contribution < -0.4 is 0 Å². The summed E-state index contributed by atoms with van der Waals surface area (Å²) in [5.41, 5.74) is 1.85. The maximum absolute atomic E-state index is 13.3. The Morgan fingerprint density at radius 2 is 1.81 bits per heavy atom. The van der Waals surface area contributed by atoms with E-state index >= 15 is 0 Å². The van der Waals surface area contributed by atoms with Gasteiger partial charge in [-0.2, -0.15) is 4.31 Å². The quantitative estimate of drug-likeness (QED) is 0.593. The van der Waals surface area contributed by atoms with Crippen molar-refractivity contribution in [1.82, 2.24) is 19.3 Å². The van der Waals surface area contributed by atoms with Crippen molar-refractivity contribution in [3.63, 3.8) is 0 Å². The largest absolute Gasteiger partial charge is 0.451 e. The lowest BCUT2D eigenvalue weighted by Gasteiger charge is -2.33. The number of fused-ring (bicyclic) bond motifs is 1. The van der Waals surface area contributed by atoms with Gasteiger partial charge in [0.2, 0.25) is 10.0 Å². The van der Waals surface area contributed by atoms with Crippen molar-refractivity contribution in [2.75, 3.05) is 40.3 Å². The summed E-state index contributed by atoms with van der Waals surface area (Å²) >= 11 is 0. The summed E-state index contributed by atoms with van der Waals surface area (Å²) in [6.45, 7) is 4.71.